The summed E-state index contributed by atoms with van der Waals surface area (Å²) in [5, 5.41) is 0. The van der Waals surface area contributed by atoms with Crippen LogP contribution in [0.1, 0.15) is 40.6 Å². The van der Waals surface area contributed by atoms with E-state index in [-0.39, 0.29) is 11.9 Å². The number of aryl methyl sites for hydroxylation is 2. The molecule has 1 nitrogen and oxygen atoms in total. The highest BCUT2D eigenvalue weighted by molar-refractivity contribution is 5.35. The number of hydrogen-bond donors (Lipinski definition) is 1. The zero-order chi connectivity index (χ0) is 14.3. The molecule has 0 radical (unpaired) electrons. The molecule has 104 valence electrons. The van der Waals surface area contributed by atoms with Gasteiger partial charge in [-0.25, -0.2) is 4.39 Å². The van der Waals surface area contributed by atoms with E-state index in [0.29, 0.717) is 23.0 Å². The van der Waals surface area contributed by atoms with E-state index in [4.69, 9.17) is 5.73 Å². The van der Waals surface area contributed by atoms with Gasteiger partial charge < -0.3 is 5.73 Å². The minimum absolute atomic E-state index is 0.00166. The van der Waals surface area contributed by atoms with Crippen molar-refractivity contribution in [3.63, 3.8) is 0 Å². The smallest absolute Gasteiger partial charge is 0.129 e. The van der Waals surface area contributed by atoms with Crippen molar-refractivity contribution in [1.82, 2.24) is 0 Å². The van der Waals surface area contributed by atoms with Crippen molar-refractivity contribution in [3.05, 3.63) is 70.5 Å². The second kappa shape index (κ2) is 5.02. The van der Waals surface area contributed by atoms with Crippen LogP contribution in [0.4, 0.5) is 4.39 Å². The zero-order valence-corrected chi connectivity index (χ0v) is 11.9. The summed E-state index contributed by atoms with van der Waals surface area (Å²) in [4.78, 5) is 0. The Hall–Kier alpha value is -1.67. The highest BCUT2D eigenvalue weighted by atomic mass is 19.1. The van der Waals surface area contributed by atoms with Crippen LogP contribution in [0, 0.1) is 25.6 Å². The first-order valence-electron chi connectivity index (χ1n) is 7.15. The van der Waals surface area contributed by atoms with E-state index in [2.05, 4.69) is 24.3 Å². The Morgan fingerprint density at radius 2 is 1.70 bits per heavy atom. The molecule has 0 spiro atoms. The van der Waals surface area contributed by atoms with E-state index in [1.165, 1.54) is 5.56 Å². The van der Waals surface area contributed by atoms with Crippen molar-refractivity contribution < 1.29 is 4.39 Å². The lowest BCUT2D eigenvalue weighted by Gasteiger charge is -2.14. The van der Waals surface area contributed by atoms with Crippen LogP contribution in [0.3, 0.4) is 0 Å². The lowest BCUT2D eigenvalue weighted by atomic mass is 9.96. The molecule has 2 N–H and O–H groups in total. The maximum absolute atomic E-state index is 13.7. The number of hydrogen-bond acceptors (Lipinski definition) is 1. The second-order valence-corrected chi connectivity index (χ2v) is 5.91. The molecule has 2 aromatic rings. The molecule has 1 fully saturated rings. The molecule has 3 rings (SSSR count). The van der Waals surface area contributed by atoms with Crippen LogP contribution in [0.25, 0.3) is 0 Å². The fraction of sp³-hybridized carbons (Fsp3) is 0.333. The maximum Gasteiger partial charge on any atom is 0.129 e. The third-order valence-corrected chi connectivity index (χ3v) is 4.37. The normalized spacial score (nSPS) is 22.6. The fourth-order valence-electron chi connectivity index (χ4n) is 3.11. The first-order valence-corrected chi connectivity index (χ1v) is 7.15. The molecule has 0 saturated heterocycles. The van der Waals surface area contributed by atoms with Crippen LogP contribution in [0.15, 0.2) is 42.5 Å². The van der Waals surface area contributed by atoms with E-state index in [1.54, 1.807) is 13.8 Å². The molecule has 20 heavy (non-hydrogen) atoms. The molecule has 0 heterocycles. The molecular formula is C18H20FN. The van der Waals surface area contributed by atoms with Gasteiger partial charge in [-0.1, -0.05) is 42.5 Å². The molecular weight excluding hydrogens is 249 g/mol. The van der Waals surface area contributed by atoms with Gasteiger partial charge in [-0.2, -0.15) is 0 Å². The zero-order valence-electron chi connectivity index (χ0n) is 11.9. The molecule has 1 aliphatic rings. The summed E-state index contributed by atoms with van der Waals surface area (Å²) in [5.74, 6) is 0.912. The SMILES string of the molecule is Cc1cc(C(N)C2CC2c2ccccc2)cc(C)c1F. The summed E-state index contributed by atoms with van der Waals surface area (Å²) >= 11 is 0. The molecule has 1 saturated carbocycles. The van der Waals surface area contributed by atoms with Gasteiger partial charge in [0.25, 0.3) is 0 Å². The van der Waals surface area contributed by atoms with Gasteiger partial charge in [-0.05, 0) is 54.4 Å². The van der Waals surface area contributed by atoms with Crippen LogP contribution in [-0.4, -0.2) is 0 Å². The lowest BCUT2D eigenvalue weighted by molar-refractivity contribution is 0.592. The van der Waals surface area contributed by atoms with Gasteiger partial charge in [0.15, 0.2) is 0 Å². The number of rotatable bonds is 3. The van der Waals surface area contributed by atoms with Gasteiger partial charge in [0.05, 0.1) is 0 Å². The van der Waals surface area contributed by atoms with Gasteiger partial charge in [-0.3, -0.25) is 0 Å². The first kappa shape index (κ1) is 13.3. The maximum atomic E-state index is 13.7. The van der Waals surface area contributed by atoms with Crippen LogP contribution in [0.2, 0.25) is 0 Å². The molecule has 3 atom stereocenters. The second-order valence-electron chi connectivity index (χ2n) is 5.91. The molecule has 1 aliphatic carbocycles. The molecule has 2 heteroatoms. The largest absolute Gasteiger partial charge is 0.324 e. The predicted molar refractivity (Wildman–Crippen MR) is 80.1 cm³/mol. The van der Waals surface area contributed by atoms with Gasteiger partial charge in [-0.15, -0.1) is 0 Å². The van der Waals surface area contributed by atoms with E-state index < -0.39 is 0 Å². The number of nitrogens with two attached hydrogens (primary N) is 1. The van der Waals surface area contributed by atoms with Gasteiger partial charge >= 0.3 is 0 Å². The van der Waals surface area contributed by atoms with Gasteiger partial charge in [0, 0.05) is 6.04 Å². The molecule has 0 aliphatic heterocycles. The Morgan fingerprint density at radius 3 is 2.30 bits per heavy atom. The van der Waals surface area contributed by atoms with Gasteiger partial charge in [0.2, 0.25) is 0 Å². The molecule has 2 aromatic carbocycles. The van der Waals surface area contributed by atoms with Crippen molar-refractivity contribution in [2.75, 3.05) is 0 Å². The van der Waals surface area contributed by atoms with E-state index in [1.807, 2.05) is 18.2 Å². The monoisotopic (exact) mass is 269 g/mol. The molecule has 0 bridgehead atoms. The Labute approximate surface area is 119 Å². The van der Waals surface area contributed by atoms with Crippen molar-refractivity contribution >= 4 is 0 Å². The van der Waals surface area contributed by atoms with Crippen LogP contribution < -0.4 is 5.73 Å². The quantitative estimate of drug-likeness (QED) is 0.886. The summed E-state index contributed by atoms with van der Waals surface area (Å²) < 4.78 is 13.7. The third-order valence-electron chi connectivity index (χ3n) is 4.37. The lowest BCUT2D eigenvalue weighted by Crippen LogP contribution is -2.14. The first-order chi connectivity index (χ1) is 9.58. The number of benzene rings is 2. The topological polar surface area (TPSA) is 26.0 Å². The summed E-state index contributed by atoms with van der Waals surface area (Å²) in [6.07, 6.45) is 1.13. The van der Waals surface area contributed by atoms with Crippen LogP contribution in [-0.2, 0) is 0 Å². The summed E-state index contributed by atoms with van der Waals surface area (Å²) in [5.41, 5.74) is 10.2. The number of halogens is 1. The highest BCUT2D eigenvalue weighted by Crippen LogP contribution is 2.53. The van der Waals surface area contributed by atoms with E-state index in [9.17, 15) is 4.39 Å². The molecule has 3 unspecified atom stereocenters. The van der Waals surface area contributed by atoms with Crippen molar-refractivity contribution in [2.45, 2.75) is 32.2 Å². The minimum Gasteiger partial charge on any atom is -0.324 e. The van der Waals surface area contributed by atoms with Crippen molar-refractivity contribution in [1.29, 1.82) is 0 Å². The average Bonchev–Trinajstić information content (AvgIpc) is 3.25. The Bertz CT molecular complexity index is 598. The fourth-order valence-corrected chi connectivity index (χ4v) is 3.11. The van der Waals surface area contributed by atoms with Crippen LogP contribution >= 0.6 is 0 Å². The summed E-state index contributed by atoms with van der Waals surface area (Å²) in [6.45, 7) is 3.61. The Morgan fingerprint density at radius 1 is 1.10 bits per heavy atom. The van der Waals surface area contributed by atoms with Crippen molar-refractivity contribution in [2.24, 2.45) is 11.7 Å². The summed E-state index contributed by atoms with van der Waals surface area (Å²) in [6, 6.07) is 14.3. The Kier molecular flexibility index (Phi) is 3.35. The highest BCUT2D eigenvalue weighted by Gasteiger charge is 2.42. The van der Waals surface area contributed by atoms with Crippen LogP contribution in [0.5, 0.6) is 0 Å². The molecule has 0 amide bonds. The van der Waals surface area contributed by atoms with Crippen molar-refractivity contribution in [3.8, 4) is 0 Å². The third kappa shape index (κ3) is 2.36. The minimum atomic E-state index is -0.114. The standard InChI is InChI=1S/C18H20FN/c1-11-8-14(9-12(2)17(11)19)18(20)16-10-15(16)13-6-4-3-5-7-13/h3-9,15-16,18H,10,20H2,1-2H3. The van der Waals surface area contributed by atoms with Gasteiger partial charge in [0.1, 0.15) is 5.82 Å². The predicted octanol–water partition coefficient (Wildman–Crippen LogP) is 4.25. The average molecular weight is 269 g/mol. The van der Waals surface area contributed by atoms with E-state index in [0.717, 1.165) is 12.0 Å². The van der Waals surface area contributed by atoms with E-state index >= 15 is 0 Å². The molecule has 0 aromatic heterocycles. The summed E-state index contributed by atoms with van der Waals surface area (Å²) in [7, 11) is 0. The Balaban J connectivity index is 1.80.